The van der Waals surface area contributed by atoms with Gasteiger partial charge in [-0.3, -0.25) is 4.79 Å². The highest BCUT2D eigenvalue weighted by Gasteiger charge is 2.33. The van der Waals surface area contributed by atoms with Gasteiger partial charge in [-0.2, -0.15) is 0 Å². The number of aliphatic hydroxyl groups excluding tert-OH is 1. The van der Waals surface area contributed by atoms with Gasteiger partial charge in [-0.15, -0.1) is 0 Å². The van der Waals surface area contributed by atoms with Gasteiger partial charge < -0.3 is 20.0 Å². The first-order chi connectivity index (χ1) is 8.99. The number of urea groups is 1. The molecule has 2 unspecified atom stereocenters. The van der Waals surface area contributed by atoms with Crippen LogP contribution in [0.5, 0.6) is 0 Å². The smallest absolute Gasteiger partial charge is 0.320 e. The van der Waals surface area contributed by atoms with Crippen molar-refractivity contribution in [1.29, 1.82) is 0 Å². The molecule has 0 aliphatic carbocycles. The van der Waals surface area contributed by atoms with Gasteiger partial charge in [-0.25, -0.2) is 4.79 Å². The molecule has 0 aromatic carbocycles. The van der Waals surface area contributed by atoms with Crippen LogP contribution in [0.25, 0.3) is 0 Å². The molecule has 0 radical (unpaired) electrons. The van der Waals surface area contributed by atoms with E-state index in [0.717, 1.165) is 6.42 Å². The number of carboxylic acid groups (broad SMARTS) is 1. The van der Waals surface area contributed by atoms with E-state index in [1.807, 2.05) is 6.92 Å². The second-order valence-corrected chi connectivity index (χ2v) is 5.69. The molecule has 2 amide bonds. The first-order valence-electron chi connectivity index (χ1n) is 6.93. The highest BCUT2D eigenvalue weighted by atomic mass is 16.4. The third kappa shape index (κ3) is 3.18. The Kier molecular flexibility index (Phi) is 4.29. The summed E-state index contributed by atoms with van der Waals surface area (Å²) < 4.78 is 0. The van der Waals surface area contributed by atoms with Crippen LogP contribution in [0.1, 0.15) is 26.2 Å². The van der Waals surface area contributed by atoms with Crippen molar-refractivity contribution in [3.63, 3.8) is 0 Å². The van der Waals surface area contributed by atoms with Crippen molar-refractivity contribution >= 4 is 12.0 Å². The van der Waals surface area contributed by atoms with E-state index < -0.39 is 11.9 Å². The molecule has 2 saturated heterocycles. The van der Waals surface area contributed by atoms with Crippen LogP contribution in [-0.2, 0) is 4.79 Å². The maximum atomic E-state index is 12.4. The molecule has 6 heteroatoms. The fourth-order valence-electron chi connectivity index (χ4n) is 2.86. The Morgan fingerprint density at radius 1 is 1.11 bits per heavy atom. The maximum absolute atomic E-state index is 12.4. The highest BCUT2D eigenvalue weighted by molar-refractivity contribution is 5.76. The number of aliphatic hydroxyl groups is 1. The number of amides is 2. The molecule has 2 aliphatic rings. The third-order valence-electron chi connectivity index (χ3n) is 4.17. The molecule has 6 nitrogen and oxygen atoms in total. The number of aliphatic carboxylic acids is 1. The molecule has 108 valence electrons. The van der Waals surface area contributed by atoms with Gasteiger partial charge in [0.1, 0.15) is 0 Å². The first kappa shape index (κ1) is 14.1. The number of hydrogen-bond acceptors (Lipinski definition) is 3. The predicted molar refractivity (Wildman–Crippen MR) is 68.7 cm³/mol. The number of nitrogens with zero attached hydrogens (tertiary/aromatic N) is 2. The number of likely N-dealkylation sites (tertiary alicyclic amines) is 2. The minimum Gasteiger partial charge on any atom is -0.481 e. The topological polar surface area (TPSA) is 81.1 Å². The van der Waals surface area contributed by atoms with Gasteiger partial charge in [-0.05, 0) is 25.2 Å². The Hall–Kier alpha value is -1.30. The molecule has 0 spiro atoms. The summed E-state index contributed by atoms with van der Waals surface area (Å²) in [6.07, 6.45) is 1.66. The lowest BCUT2D eigenvalue weighted by Crippen LogP contribution is -2.53. The molecule has 0 aromatic rings. The molecule has 2 heterocycles. The average molecular weight is 270 g/mol. The van der Waals surface area contributed by atoms with E-state index in [1.165, 1.54) is 0 Å². The summed E-state index contributed by atoms with van der Waals surface area (Å²) in [5.74, 6) is -1.18. The van der Waals surface area contributed by atoms with Crippen LogP contribution >= 0.6 is 0 Å². The van der Waals surface area contributed by atoms with Crippen molar-refractivity contribution in [2.75, 3.05) is 26.2 Å². The SMILES string of the molecule is CC1CN(C(=O)N2CCC[C@@H](C(=O)O)C2)CCC1O. The van der Waals surface area contributed by atoms with Crippen molar-refractivity contribution in [3.8, 4) is 0 Å². The summed E-state index contributed by atoms with van der Waals surface area (Å²) in [4.78, 5) is 26.7. The van der Waals surface area contributed by atoms with Gasteiger partial charge in [0, 0.05) is 26.2 Å². The maximum Gasteiger partial charge on any atom is 0.320 e. The van der Waals surface area contributed by atoms with Crippen molar-refractivity contribution in [2.45, 2.75) is 32.3 Å². The summed E-state index contributed by atoms with van der Waals surface area (Å²) in [6.45, 7) is 3.98. The van der Waals surface area contributed by atoms with Gasteiger partial charge in [0.15, 0.2) is 0 Å². The number of piperidine rings is 2. The highest BCUT2D eigenvalue weighted by Crippen LogP contribution is 2.21. The summed E-state index contributed by atoms with van der Waals surface area (Å²) in [5.41, 5.74) is 0. The van der Waals surface area contributed by atoms with E-state index in [-0.39, 0.29) is 18.1 Å². The minimum absolute atomic E-state index is 0.0790. The average Bonchev–Trinajstić information content (AvgIpc) is 2.41. The summed E-state index contributed by atoms with van der Waals surface area (Å²) in [5, 5.41) is 18.7. The van der Waals surface area contributed by atoms with Gasteiger partial charge in [0.25, 0.3) is 0 Å². The Labute approximate surface area is 113 Å². The minimum atomic E-state index is -0.820. The molecule has 2 rings (SSSR count). The molecule has 19 heavy (non-hydrogen) atoms. The van der Waals surface area contributed by atoms with Crippen molar-refractivity contribution < 1.29 is 19.8 Å². The summed E-state index contributed by atoms with van der Waals surface area (Å²) in [7, 11) is 0. The van der Waals surface area contributed by atoms with Crippen LogP contribution in [-0.4, -0.2) is 64.3 Å². The Morgan fingerprint density at radius 2 is 1.79 bits per heavy atom. The first-order valence-corrected chi connectivity index (χ1v) is 6.93. The molecule has 2 N–H and O–H groups in total. The third-order valence-corrected chi connectivity index (χ3v) is 4.17. The number of carbonyl (C=O) groups excluding carboxylic acids is 1. The Balaban J connectivity index is 1.94. The lowest BCUT2D eigenvalue weighted by molar-refractivity contribution is -0.143. The molecule has 0 bridgehead atoms. The largest absolute Gasteiger partial charge is 0.481 e. The van der Waals surface area contributed by atoms with E-state index >= 15 is 0 Å². The second kappa shape index (κ2) is 5.77. The molecule has 0 saturated carbocycles. The van der Waals surface area contributed by atoms with Crippen LogP contribution < -0.4 is 0 Å². The van der Waals surface area contributed by atoms with Crippen LogP contribution in [0.3, 0.4) is 0 Å². The van der Waals surface area contributed by atoms with E-state index in [9.17, 15) is 14.7 Å². The zero-order valence-corrected chi connectivity index (χ0v) is 11.3. The number of rotatable bonds is 1. The zero-order valence-electron chi connectivity index (χ0n) is 11.3. The summed E-state index contributed by atoms with van der Waals surface area (Å²) >= 11 is 0. The van der Waals surface area contributed by atoms with Gasteiger partial charge in [0.05, 0.1) is 12.0 Å². The molecule has 0 aromatic heterocycles. The standard InChI is InChI=1S/C13H22N2O4/c1-9-7-15(6-4-11(9)16)13(19)14-5-2-3-10(8-14)12(17)18/h9-11,16H,2-8H2,1H3,(H,17,18)/t9?,10-,11?/m1/s1. The monoisotopic (exact) mass is 270 g/mol. The lowest BCUT2D eigenvalue weighted by Gasteiger charge is -2.39. The second-order valence-electron chi connectivity index (χ2n) is 5.69. The van der Waals surface area contributed by atoms with Crippen LogP contribution in [0.2, 0.25) is 0 Å². The van der Waals surface area contributed by atoms with E-state index in [0.29, 0.717) is 39.0 Å². The Bertz CT molecular complexity index is 361. The van der Waals surface area contributed by atoms with Crippen LogP contribution in [0.4, 0.5) is 4.79 Å². The number of hydrogen-bond donors (Lipinski definition) is 2. The normalized spacial score (nSPS) is 32.2. The fraction of sp³-hybridized carbons (Fsp3) is 0.846. The van der Waals surface area contributed by atoms with Crippen molar-refractivity contribution in [2.24, 2.45) is 11.8 Å². The van der Waals surface area contributed by atoms with Gasteiger partial charge in [-0.1, -0.05) is 6.92 Å². The van der Waals surface area contributed by atoms with Gasteiger partial charge >= 0.3 is 12.0 Å². The number of carbonyl (C=O) groups is 2. The van der Waals surface area contributed by atoms with Crippen molar-refractivity contribution in [1.82, 2.24) is 9.80 Å². The fourth-order valence-corrected chi connectivity index (χ4v) is 2.86. The van der Waals surface area contributed by atoms with Crippen LogP contribution in [0.15, 0.2) is 0 Å². The predicted octanol–water partition coefficient (Wildman–Crippen LogP) is 0.606. The molecular weight excluding hydrogens is 248 g/mol. The zero-order chi connectivity index (χ0) is 14.0. The molecule has 2 fully saturated rings. The number of carboxylic acids is 1. The van der Waals surface area contributed by atoms with E-state index in [4.69, 9.17) is 5.11 Å². The van der Waals surface area contributed by atoms with Crippen molar-refractivity contribution in [3.05, 3.63) is 0 Å². The van der Waals surface area contributed by atoms with Crippen LogP contribution in [0, 0.1) is 11.8 Å². The summed E-state index contributed by atoms with van der Waals surface area (Å²) in [6, 6.07) is -0.0790. The molecular formula is C13H22N2O4. The molecule has 2 aliphatic heterocycles. The molecule has 3 atom stereocenters. The Morgan fingerprint density at radius 3 is 2.42 bits per heavy atom. The van der Waals surface area contributed by atoms with Gasteiger partial charge in [0.2, 0.25) is 0 Å². The van der Waals surface area contributed by atoms with E-state index in [2.05, 4.69) is 0 Å². The quantitative estimate of drug-likeness (QED) is 0.731. The lowest BCUT2D eigenvalue weighted by atomic mass is 9.96. The van der Waals surface area contributed by atoms with E-state index in [1.54, 1.807) is 9.80 Å².